The van der Waals surface area contributed by atoms with Gasteiger partial charge in [0.05, 0.1) is 0 Å². The minimum atomic E-state index is -0.357. The highest BCUT2D eigenvalue weighted by molar-refractivity contribution is 6.04. The first-order valence-corrected chi connectivity index (χ1v) is 7.29. The number of carbonyl (C=O) groups is 1. The van der Waals surface area contributed by atoms with Crippen LogP contribution in [0.15, 0.2) is 67.1 Å². The fourth-order valence-electron chi connectivity index (χ4n) is 2.02. The third-order valence-electron chi connectivity index (χ3n) is 3.29. The molecule has 120 valence electrons. The molecule has 2 heterocycles. The Morgan fingerprint density at radius 2 is 1.79 bits per heavy atom. The van der Waals surface area contributed by atoms with Crippen molar-refractivity contribution >= 4 is 11.7 Å². The van der Waals surface area contributed by atoms with E-state index in [2.05, 4.69) is 15.3 Å². The zero-order chi connectivity index (χ0) is 16.8. The first kappa shape index (κ1) is 15.5. The number of hydrogen-bond acceptors (Lipinski definition) is 5. The van der Waals surface area contributed by atoms with E-state index in [1.165, 1.54) is 12.3 Å². The molecule has 0 fully saturated rings. The summed E-state index contributed by atoms with van der Waals surface area (Å²) < 4.78 is 5.65. The van der Waals surface area contributed by atoms with Crippen molar-refractivity contribution in [1.29, 1.82) is 0 Å². The van der Waals surface area contributed by atoms with Crippen molar-refractivity contribution in [3.63, 3.8) is 0 Å². The van der Waals surface area contributed by atoms with Crippen LogP contribution in [-0.4, -0.2) is 21.0 Å². The fraction of sp³-hybridized carbons (Fsp3) is 0.0556. The zero-order valence-corrected chi connectivity index (χ0v) is 12.7. The van der Waals surface area contributed by atoms with Crippen LogP contribution in [-0.2, 0) is 6.61 Å². The van der Waals surface area contributed by atoms with E-state index in [1.54, 1.807) is 42.7 Å². The Labute approximate surface area is 138 Å². The van der Waals surface area contributed by atoms with E-state index < -0.39 is 0 Å². The summed E-state index contributed by atoms with van der Waals surface area (Å²) in [7, 11) is 0. The van der Waals surface area contributed by atoms with Crippen molar-refractivity contribution in [2.45, 2.75) is 6.61 Å². The van der Waals surface area contributed by atoms with E-state index in [0.717, 1.165) is 5.56 Å². The van der Waals surface area contributed by atoms with E-state index in [1.807, 2.05) is 12.1 Å². The maximum Gasteiger partial charge on any atom is 0.256 e. The molecule has 0 saturated heterocycles. The summed E-state index contributed by atoms with van der Waals surface area (Å²) in [5, 5.41) is 12.2. The van der Waals surface area contributed by atoms with Crippen LogP contribution in [0, 0.1) is 0 Å². The van der Waals surface area contributed by atoms with Crippen LogP contribution >= 0.6 is 0 Å². The standard InChI is InChI=1S/C18H15N3O3/c22-16-2-1-9-20-17(16)21-18(23)14-3-5-15(6-4-14)24-12-13-7-10-19-11-8-13/h1-11,22H,12H2,(H,20,21,23). The normalized spacial score (nSPS) is 10.2. The van der Waals surface area contributed by atoms with Crippen molar-refractivity contribution in [1.82, 2.24) is 9.97 Å². The fourth-order valence-corrected chi connectivity index (χ4v) is 2.02. The maximum absolute atomic E-state index is 12.1. The molecule has 0 spiro atoms. The lowest BCUT2D eigenvalue weighted by Crippen LogP contribution is -2.12. The molecule has 2 N–H and O–H groups in total. The summed E-state index contributed by atoms with van der Waals surface area (Å²) >= 11 is 0. The first-order valence-electron chi connectivity index (χ1n) is 7.29. The molecule has 0 bridgehead atoms. The van der Waals surface area contributed by atoms with Gasteiger partial charge in [-0.1, -0.05) is 0 Å². The van der Waals surface area contributed by atoms with Gasteiger partial charge in [0.25, 0.3) is 5.91 Å². The second-order valence-corrected chi connectivity index (χ2v) is 4.99. The molecule has 0 saturated carbocycles. The molecule has 0 aliphatic rings. The average molecular weight is 321 g/mol. The van der Waals surface area contributed by atoms with E-state index >= 15 is 0 Å². The minimum Gasteiger partial charge on any atom is -0.504 e. The van der Waals surface area contributed by atoms with Crippen LogP contribution in [0.3, 0.4) is 0 Å². The van der Waals surface area contributed by atoms with Crippen LogP contribution in [0.4, 0.5) is 5.82 Å². The number of nitrogens with one attached hydrogen (secondary N) is 1. The molecule has 1 aromatic carbocycles. The number of carbonyl (C=O) groups excluding carboxylic acids is 1. The van der Waals surface area contributed by atoms with Gasteiger partial charge in [-0.3, -0.25) is 9.78 Å². The molecule has 2 aromatic heterocycles. The molecule has 24 heavy (non-hydrogen) atoms. The first-order chi connectivity index (χ1) is 11.7. The maximum atomic E-state index is 12.1. The predicted molar refractivity (Wildman–Crippen MR) is 88.9 cm³/mol. The molecule has 0 aliphatic carbocycles. The average Bonchev–Trinajstić information content (AvgIpc) is 2.63. The molecular weight excluding hydrogens is 306 g/mol. The smallest absolute Gasteiger partial charge is 0.256 e. The van der Waals surface area contributed by atoms with Crippen molar-refractivity contribution in [3.8, 4) is 11.5 Å². The van der Waals surface area contributed by atoms with Crippen molar-refractivity contribution in [2.75, 3.05) is 5.32 Å². The lowest BCUT2D eigenvalue weighted by molar-refractivity contribution is 0.102. The van der Waals surface area contributed by atoms with Gasteiger partial charge in [-0.25, -0.2) is 4.98 Å². The molecule has 6 heteroatoms. The van der Waals surface area contributed by atoms with Gasteiger partial charge in [0, 0.05) is 24.2 Å². The summed E-state index contributed by atoms with van der Waals surface area (Å²) in [5.74, 6) is 0.345. The summed E-state index contributed by atoms with van der Waals surface area (Å²) in [6.07, 6.45) is 4.91. The number of aromatic nitrogens is 2. The van der Waals surface area contributed by atoms with E-state index in [-0.39, 0.29) is 17.5 Å². The minimum absolute atomic E-state index is 0.0804. The number of nitrogens with zero attached hydrogens (tertiary/aromatic N) is 2. The van der Waals surface area contributed by atoms with Gasteiger partial charge in [-0.2, -0.15) is 0 Å². The number of rotatable bonds is 5. The number of aromatic hydroxyl groups is 1. The van der Waals surface area contributed by atoms with Crippen LogP contribution in [0.2, 0.25) is 0 Å². The number of ether oxygens (including phenoxy) is 1. The SMILES string of the molecule is O=C(Nc1ncccc1O)c1ccc(OCc2ccncc2)cc1. The van der Waals surface area contributed by atoms with Gasteiger partial charge in [-0.05, 0) is 54.1 Å². The largest absolute Gasteiger partial charge is 0.504 e. The molecule has 3 rings (SSSR count). The molecule has 3 aromatic rings. The molecule has 0 radical (unpaired) electrons. The molecular formula is C18H15N3O3. The topological polar surface area (TPSA) is 84.3 Å². The highest BCUT2D eigenvalue weighted by Gasteiger charge is 2.09. The lowest BCUT2D eigenvalue weighted by Gasteiger charge is -2.08. The Balaban J connectivity index is 1.61. The van der Waals surface area contributed by atoms with Crippen LogP contribution in [0.25, 0.3) is 0 Å². The third-order valence-corrected chi connectivity index (χ3v) is 3.29. The summed E-state index contributed by atoms with van der Waals surface area (Å²) in [4.78, 5) is 20.0. The number of hydrogen-bond donors (Lipinski definition) is 2. The van der Waals surface area contributed by atoms with E-state index in [0.29, 0.717) is 17.9 Å². The molecule has 0 atom stereocenters. The second-order valence-electron chi connectivity index (χ2n) is 4.99. The quantitative estimate of drug-likeness (QED) is 0.754. The zero-order valence-electron chi connectivity index (χ0n) is 12.7. The molecule has 0 aliphatic heterocycles. The van der Waals surface area contributed by atoms with E-state index in [9.17, 15) is 9.90 Å². The van der Waals surface area contributed by atoms with E-state index in [4.69, 9.17) is 4.74 Å². The van der Waals surface area contributed by atoms with Crippen molar-refractivity contribution < 1.29 is 14.6 Å². The Bertz CT molecular complexity index is 820. The number of benzene rings is 1. The van der Waals surface area contributed by atoms with Gasteiger partial charge in [0.15, 0.2) is 11.6 Å². The number of pyridine rings is 2. The van der Waals surface area contributed by atoms with Crippen LogP contribution in [0.1, 0.15) is 15.9 Å². The summed E-state index contributed by atoms with van der Waals surface area (Å²) in [5.41, 5.74) is 1.45. The second kappa shape index (κ2) is 7.23. The molecule has 0 unspecified atom stereocenters. The lowest BCUT2D eigenvalue weighted by atomic mass is 10.2. The third kappa shape index (κ3) is 3.86. The van der Waals surface area contributed by atoms with Crippen molar-refractivity contribution in [2.24, 2.45) is 0 Å². The molecule has 6 nitrogen and oxygen atoms in total. The van der Waals surface area contributed by atoms with Gasteiger partial charge in [-0.15, -0.1) is 0 Å². The highest BCUT2D eigenvalue weighted by atomic mass is 16.5. The monoisotopic (exact) mass is 321 g/mol. The van der Waals surface area contributed by atoms with Crippen molar-refractivity contribution in [3.05, 3.63) is 78.2 Å². The predicted octanol–water partition coefficient (Wildman–Crippen LogP) is 3.01. The Morgan fingerprint density at radius 1 is 1.04 bits per heavy atom. The Hall–Kier alpha value is -3.41. The van der Waals surface area contributed by atoms with Gasteiger partial charge < -0.3 is 15.2 Å². The van der Waals surface area contributed by atoms with Gasteiger partial charge in [0.1, 0.15) is 12.4 Å². The van der Waals surface area contributed by atoms with Gasteiger partial charge >= 0.3 is 0 Å². The Kier molecular flexibility index (Phi) is 4.67. The summed E-state index contributed by atoms with van der Waals surface area (Å²) in [6.45, 7) is 0.426. The molecule has 1 amide bonds. The number of anilines is 1. The Morgan fingerprint density at radius 3 is 2.50 bits per heavy atom. The van der Waals surface area contributed by atoms with Crippen LogP contribution < -0.4 is 10.1 Å². The summed E-state index contributed by atoms with van der Waals surface area (Å²) in [6, 6.07) is 13.5. The van der Waals surface area contributed by atoms with Gasteiger partial charge in [0.2, 0.25) is 0 Å². The van der Waals surface area contributed by atoms with Crippen LogP contribution in [0.5, 0.6) is 11.5 Å². The highest BCUT2D eigenvalue weighted by Crippen LogP contribution is 2.20. The number of amides is 1.